The summed E-state index contributed by atoms with van der Waals surface area (Å²) in [6, 6.07) is 0. The second-order valence-electron chi connectivity index (χ2n) is 7.92. The lowest BCUT2D eigenvalue weighted by Crippen LogP contribution is -2.22. The zero-order valence-electron chi connectivity index (χ0n) is 13.9. The van der Waals surface area contributed by atoms with E-state index in [0.29, 0.717) is 0 Å². The van der Waals surface area contributed by atoms with E-state index in [9.17, 15) is 0 Å². The topological polar surface area (TPSA) is 0 Å². The second-order valence-corrected chi connectivity index (χ2v) is 8.54. The van der Waals surface area contributed by atoms with E-state index < -0.39 is 0 Å². The van der Waals surface area contributed by atoms with Crippen LogP contribution in [0.3, 0.4) is 0 Å². The van der Waals surface area contributed by atoms with Crippen molar-refractivity contribution in [3.63, 3.8) is 0 Å². The van der Waals surface area contributed by atoms with Gasteiger partial charge in [0.2, 0.25) is 0 Å². The molecule has 0 saturated heterocycles. The number of hydrogen-bond donors (Lipinski definition) is 0. The third-order valence-corrected chi connectivity index (χ3v) is 7.27. The van der Waals surface area contributed by atoms with Gasteiger partial charge >= 0.3 is 0 Å². The first-order valence-corrected chi connectivity index (χ1v) is 10.4. The SMILES string of the molecule is PC(=C(C1CCCCC1)C1CCCCC1)C1CCCCC1. The highest BCUT2D eigenvalue weighted by Crippen LogP contribution is 2.46. The van der Waals surface area contributed by atoms with E-state index in [4.69, 9.17) is 0 Å². The van der Waals surface area contributed by atoms with Crippen LogP contribution in [0.4, 0.5) is 0 Å². The van der Waals surface area contributed by atoms with Crippen molar-refractivity contribution in [2.45, 2.75) is 96.3 Å². The Kier molecular flexibility index (Phi) is 6.22. The lowest BCUT2D eigenvalue weighted by molar-refractivity contribution is 0.316. The Balaban J connectivity index is 1.81. The zero-order valence-corrected chi connectivity index (χ0v) is 15.1. The van der Waals surface area contributed by atoms with E-state index in [0.717, 1.165) is 17.8 Å². The van der Waals surface area contributed by atoms with Crippen molar-refractivity contribution < 1.29 is 0 Å². The van der Waals surface area contributed by atoms with Crippen molar-refractivity contribution in [3.8, 4) is 0 Å². The van der Waals surface area contributed by atoms with Gasteiger partial charge in [0, 0.05) is 0 Å². The third-order valence-electron chi connectivity index (χ3n) is 6.47. The lowest BCUT2D eigenvalue weighted by atomic mass is 9.71. The Hall–Kier alpha value is 0.170. The monoisotopic (exact) mass is 306 g/mol. The minimum atomic E-state index is 0.919. The lowest BCUT2D eigenvalue weighted by Gasteiger charge is -2.36. The summed E-state index contributed by atoms with van der Waals surface area (Å²) in [5, 5.41) is 1.80. The van der Waals surface area contributed by atoms with Gasteiger partial charge in [0.25, 0.3) is 0 Å². The van der Waals surface area contributed by atoms with E-state index in [1.807, 2.05) is 5.57 Å². The normalized spacial score (nSPS) is 26.7. The first-order chi connectivity index (χ1) is 10.4. The molecule has 21 heavy (non-hydrogen) atoms. The molecule has 0 N–H and O–H groups in total. The molecule has 3 aliphatic carbocycles. The Bertz CT molecular complexity index is 319. The van der Waals surface area contributed by atoms with Crippen molar-refractivity contribution in [1.29, 1.82) is 0 Å². The van der Waals surface area contributed by atoms with Gasteiger partial charge in [-0.1, -0.05) is 63.4 Å². The smallest absolute Gasteiger partial charge is 0.0163 e. The van der Waals surface area contributed by atoms with Gasteiger partial charge in [-0.05, 0) is 61.6 Å². The average molecular weight is 306 g/mol. The molecule has 0 aromatic carbocycles. The van der Waals surface area contributed by atoms with Crippen LogP contribution in [-0.2, 0) is 0 Å². The molecule has 3 rings (SSSR count). The highest BCUT2D eigenvalue weighted by molar-refractivity contribution is 7.22. The van der Waals surface area contributed by atoms with Crippen molar-refractivity contribution in [3.05, 3.63) is 10.9 Å². The largest absolute Gasteiger partial charge is 0.110 e. The minimum absolute atomic E-state index is 0.919. The van der Waals surface area contributed by atoms with Crippen LogP contribution in [-0.4, -0.2) is 0 Å². The molecule has 0 aromatic rings. The van der Waals surface area contributed by atoms with Crippen molar-refractivity contribution in [2.24, 2.45) is 17.8 Å². The van der Waals surface area contributed by atoms with Gasteiger partial charge in [-0.3, -0.25) is 0 Å². The summed E-state index contributed by atoms with van der Waals surface area (Å²) < 4.78 is 0. The highest BCUT2D eigenvalue weighted by Gasteiger charge is 2.30. The Labute approximate surface area is 134 Å². The molecule has 1 atom stereocenters. The third kappa shape index (κ3) is 4.13. The molecule has 0 nitrogen and oxygen atoms in total. The second kappa shape index (κ2) is 8.14. The molecule has 1 heteroatoms. The Morgan fingerprint density at radius 1 is 0.476 bits per heavy atom. The van der Waals surface area contributed by atoms with E-state index in [1.165, 1.54) is 96.3 Å². The van der Waals surface area contributed by atoms with Crippen molar-refractivity contribution in [2.75, 3.05) is 0 Å². The van der Waals surface area contributed by atoms with E-state index in [-0.39, 0.29) is 0 Å². The first-order valence-electron chi connectivity index (χ1n) is 9.85. The maximum Gasteiger partial charge on any atom is -0.0163 e. The summed E-state index contributed by atoms with van der Waals surface area (Å²) >= 11 is 0. The fourth-order valence-corrected chi connectivity index (χ4v) is 6.09. The molecule has 0 aromatic heterocycles. The van der Waals surface area contributed by atoms with Crippen LogP contribution in [0.15, 0.2) is 10.9 Å². The van der Waals surface area contributed by atoms with Gasteiger partial charge in [-0.2, -0.15) is 0 Å². The van der Waals surface area contributed by atoms with Crippen molar-refractivity contribution in [1.82, 2.24) is 0 Å². The van der Waals surface area contributed by atoms with E-state index >= 15 is 0 Å². The van der Waals surface area contributed by atoms with Gasteiger partial charge in [0.15, 0.2) is 0 Å². The van der Waals surface area contributed by atoms with Crippen LogP contribution >= 0.6 is 9.24 Å². The van der Waals surface area contributed by atoms with Crippen LogP contribution in [0, 0.1) is 17.8 Å². The maximum absolute atomic E-state index is 3.26. The van der Waals surface area contributed by atoms with E-state index in [1.54, 1.807) is 5.31 Å². The van der Waals surface area contributed by atoms with Crippen LogP contribution in [0.2, 0.25) is 0 Å². The predicted molar refractivity (Wildman–Crippen MR) is 96.5 cm³/mol. The quantitative estimate of drug-likeness (QED) is 0.500. The molecule has 0 aliphatic heterocycles. The number of allylic oxidation sites excluding steroid dienone is 2. The number of rotatable bonds is 3. The number of hydrogen-bond acceptors (Lipinski definition) is 0. The Morgan fingerprint density at radius 3 is 1.19 bits per heavy atom. The molecule has 0 spiro atoms. The van der Waals surface area contributed by atoms with Gasteiger partial charge < -0.3 is 0 Å². The van der Waals surface area contributed by atoms with Crippen LogP contribution < -0.4 is 0 Å². The van der Waals surface area contributed by atoms with Crippen LogP contribution in [0.25, 0.3) is 0 Å². The van der Waals surface area contributed by atoms with Gasteiger partial charge in [-0.25, -0.2) is 0 Å². The maximum atomic E-state index is 3.26. The Morgan fingerprint density at radius 2 is 0.810 bits per heavy atom. The molecular weight excluding hydrogens is 271 g/mol. The fourth-order valence-electron chi connectivity index (χ4n) is 5.28. The molecule has 3 saturated carbocycles. The molecule has 1 unspecified atom stereocenters. The summed E-state index contributed by atoms with van der Waals surface area (Å²) in [4.78, 5) is 0. The summed E-state index contributed by atoms with van der Waals surface area (Å²) in [6.07, 6.45) is 22.3. The molecule has 0 amide bonds. The molecule has 120 valence electrons. The summed E-state index contributed by atoms with van der Waals surface area (Å²) in [7, 11) is 3.26. The highest BCUT2D eigenvalue weighted by atomic mass is 31.0. The average Bonchev–Trinajstić information content (AvgIpc) is 2.58. The van der Waals surface area contributed by atoms with E-state index in [2.05, 4.69) is 9.24 Å². The zero-order chi connectivity index (χ0) is 14.5. The molecule has 0 bridgehead atoms. The molecule has 0 radical (unpaired) electrons. The summed E-state index contributed by atoms with van der Waals surface area (Å²) in [5.74, 6) is 2.83. The standard InChI is InChI=1S/C20H35P/c21-20(18-14-8-3-9-15-18)19(16-10-4-1-5-11-16)17-12-6-2-7-13-17/h16-18H,1-15,21H2. The molecule has 3 fully saturated rings. The van der Waals surface area contributed by atoms with Gasteiger partial charge in [0.05, 0.1) is 0 Å². The van der Waals surface area contributed by atoms with Crippen LogP contribution in [0.1, 0.15) is 96.3 Å². The minimum Gasteiger partial charge on any atom is -0.110 e. The molecule has 3 aliphatic rings. The summed E-state index contributed by atoms with van der Waals surface area (Å²) in [6.45, 7) is 0. The molecule has 0 heterocycles. The van der Waals surface area contributed by atoms with Crippen molar-refractivity contribution >= 4 is 9.24 Å². The van der Waals surface area contributed by atoms with Gasteiger partial charge in [0.1, 0.15) is 0 Å². The van der Waals surface area contributed by atoms with Gasteiger partial charge in [-0.15, -0.1) is 9.24 Å². The summed E-state index contributed by atoms with van der Waals surface area (Å²) in [5.41, 5.74) is 1.96. The molecular formula is C20H35P. The predicted octanol–water partition coefficient (Wildman–Crippen LogP) is 6.86. The van der Waals surface area contributed by atoms with Crippen LogP contribution in [0.5, 0.6) is 0 Å². The fraction of sp³-hybridized carbons (Fsp3) is 0.900. The first kappa shape index (κ1) is 16.0.